The van der Waals surface area contributed by atoms with E-state index in [0.717, 1.165) is 30.5 Å². The molecule has 0 bridgehead atoms. The molecule has 1 aromatic heterocycles. The second kappa shape index (κ2) is 8.06. The molecule has 162 valence electrons. The highest BCUT2D eigenvalue weighted by atomic mass is 32.2. The van der Waals surface area contributed by atoms with Crippen molar-refractivity contribution >= 4 is 21.6 Å². The third-order valence-electron chi connectivity index (χ3n) is 6.46. The van der Waals surface area contributed by atoms with E-state index in [4.69, 9.17) is 0 Å². The number of para-hydroxylation sites is 1. The van der Waals surface area contributed by atoms with Crippen molar-refractivity contribution in [1.82, 2.24) is 15.1 Å². The quantitative estimate of drug-likeness (QED) is 0.790. The van der Waals surface area contributed by atoms with Crippen LogP contribution in [0.15, 0.2) is 29.2 Å². The predicted molar refractivity (Wildman–Crippen MR) is 116 cm³/mol. The van der Waals surface area contributed by atoms with Gasteiger partial charge in [0.15, 0.2) is 0 Å². The summed E-state index contributed by atoms with van der Waals surface area (Å²) in [6.45, 7) is 6.05. The molecular formula is C22H30N4O3S. The van der Waals surface area contributed by atoms with Crippen molar-refractivity contribution in [1.29, 1.82) is 0 Å². The lowest BCUT2D eigenvalue weighted by molar-refractivity contribution is -0.123. The van der Waals surface area contributed by atoms with Crippen LogP contribution in [-0.2, 0) is 27.8 Å². The summed E-state index contributed by atoms with van der Waals surface area (Å²) >= 11 is 0. The van der Waals surface area contributed by atoms with Gasteiger partial charge in [-0.1, -0.05) is 38.0 Å². The van der Waals surface area contributed by atoms with Gasteiger partial charge in [-0.3, -0.25) is 13.8 Å². The van der Waals surface area contributed by atoms with Gasteiger partial charge in [0, 0.05) is 12.6 Å². The molecule has 1 aliphatic heterocycles. The molecule has 2 aliphatic rings. The van der Waals surface area contributed by atoms with Gasteiger partial charge < -0.3 is 5.32 Å². The third kappa shape index (κ3) is 3.73. The minimum absolute atomic E-state index is 0.0298. The summed E-state index contributed by atoms with van der Waals surface area (Å²) < 4.78 is 29.9. The summed E-state index contributed by atoms with van der Waals surface area (Å²) in [5.74, 6) is 0.351. The van der Waals surface area contributed by atoms with Gasteiger partial charge >= 0.3 is 0 Å². The van der Waals surface area contributed by atoms with E-state index in [-0.39, 0.29) is 23.4 Å². The number of nitrogens with one attached hydrogen (secondary N) is 1. The molecule has 4 rings (SSSR count). The zero-order chi connectivity index (χ0) is 21.5. The minimum Gasteiger partial charge on any atom is -0.351 e. The molecule has 1 fully saturated rings. The van der Waals surface area contributed by atoms with Crippen LogP contribution in [0.5, 0.6) is 0 Å². The molecule has 2 heterocycles. The molecule has 1 aliphatic carbocycles. The Morgan fingerprint density at radius 3 is 2.70 bits per heavy atom. The average Bonchev–Trinajstić information content (AvgIpc) is 3.25. The van der Waals surface area contributed by atoms with E-state index < -0.39 is 10.0 Å². The monoisotopic (exact) mass is 430 g/mol. The smallest absolute Gasteiger partial charge is 0.268 e. The van der Waals surface area contributed by atoms with Gasteiger partial charge in [0.1, 0.15) is 11.4 Å². The summed E-state index contributed by atoms with van der Waals surface area (Å²) in [4.78, 5) is 12.8. The lowest BCUT2D eigenvalue weighted by Gasteiger charge is -2.29. The van der Waals surface area contributed by atoms with E-state index in [1.165, 1.54) is 15.4 Å². The van der Waals surface area contributed by atoms with E-state index in [9.17, 15) is 13.2 Å². The lowest BCUT2D eigenvalue weighted by atomic mass is 9.86. The van der Waals surface area contributed by atoms with Crippen molar-refractivity contribution in [3.8, 4) is 0 Å². The number of carbonyl (C=O) groups excluding carboxylic acids is 1. The Morgan fingerprint density at radius 1 is 1.20 bits per heavy atom. The van der Waals surface area contributed by atoms with Gasteiger partial charge in [0.2, 0.25) is 5.91 Å². The van der Waals surface area contributed by atoms with Crippen LogP contribution in [0.3, 0.4) is 0 Å². The lowest BCUT2D eigenvalue weighted by Crippen LogP contribution is -2.42. The van der Waals surface area contributed by atoms with Gasteiger partial charge in [-0.2, -0.15) is 5.10 Å². The highest BCUT2D eigenvalue weighted by Gasteiger charge is 2.35. The fourth-order valence-corrected chi connectivity index (χ4v) is 6.68. The normalized spacial score (nSPS) is 21.5. The first-order chi connectivity index (χ1) is 14.3. The molecule has 2 atom stereocenters. The summed E-state index contributed by atoms with van der Waals surface area (Å²) in [7, 11) is -3.75. The fraction of sp³-hybridized carbons (Fsp3) is 0.545. The number of carbonyl (C=O) groups is 1. The van der Waals surface area contributed by atoms with Gasteiger partial charge in [-0.15, -0.1) is 0 Å². The van der Waals surface area contributed by atoms with Crippen LogP contribution in [0.25, 0.3) is 0 Å². The first-order valence-corrected chi connectivity index (χ1v) is 12.2. The van der Waals surface area contributed by atoms with E-state index in [2.05, 4.69) is 17.3 Å². The summed E-state index contributed by atoms with van der Waals surface area (Å²) in [6, 6.07) is 7.77. The van der Waals surface area contributed by atoms with Crippen LogP contribution in [0, 0.1) is 19.8 Å². The van der Waals surface area contributed by atoms with Gasteiger partial charge in [0.05, 0.1) is 17.1 Å². The topological polar surface area (TPSA) is 84.3 Å². The Hall–Kier alpha value is -2.35. The van der Waals surface area contributed by atoms with Crippen LogP contribution in [0.1, 0.15) is 49.6 Å². The van der Waals surface area contributed by atoms with E-state index in [1.54, 1.807) is 13.8 Å². The number of aryl methyl sites for hydroxylation is 1. The first-order valence-electron chi connectivity index (χ1n) is 10.7. The third-order valence-corrected chi connectivity index (χ3v) is 8.53. The number of amides is 1. The Bertz CT molecular complexity index is 1060. The number of nitrogens with zero attached hydrogens (tertiary/aromatic N) is 3. The first kappa shape index (κ1) is 20.9. The molecule has 1 aromatic carbocycles. The fourth-order valence-electron chi connectivity index (χ4n) is 4.79. The minimum atomic E-state index is -3.75. The van der Waals surface area contributed by atoms with Gasteiger partial charge in [-0.25, -0.2) is 8.42 Å². The highest BCUT2D eigenvalue weighted by Crippen LogP contribution is 2.34. The van der Waals surface area contributed by atoms with Crippen molar-refractivity contribution in [2.24, 2.45) is 5.92 Å². The van der Waals surface area contributed by atoms with Crippen molar-refractivity contribution in [3.63, 3.8) is 0 Å². The second-order valence-corrected chi connectivity index (χ2v) is 10.3. The molecule has 1 amide bonds. The van der Waals surface area contributed by atoms with Crippen molar-refractivity contribution in [3.05, 3.63) is 41.2 Å². The van der Waals surface area contributed by atoms with Crippen LogP contribution in [-0.4, -0.2) is 36.7 Å². The molecule has 0 radical (unpaired) electrons. The molecule has 2 aromatic rings. The van der Waals surface area contributed by atoms with Crippen LogP contribution in [0.4, 0.5) is 5.69 Å². The van der Waals surface area contributed by atoms with E-state index in [1.807, 2.05) is 24.3 Å². The maximum absolute atomic E-state index is 13.5. The summed E-state index contributed by atoms with van der Waals surface area (Å²) in [5.41, 5.74) is 2.69. The molecule has 7 nitrogen and oxygen atoms in total. The number of hydrogen-bond donors (Lipinski definition) is 1. The van der Waals surface area contributed by atoms with Gasteiger partial charge in [0.25, 0.3) is 10.0 Å². The van der Waals surface area contributed by atoms with Crippen molar-refractivity contribution in [2.45, 2.75) is 70.4 Å². The standard InChI is InChI=1S/C22H30N4O3S/c1-15-8-4-6-10-19(15)23-21(27)14-25-17(3)22(16(2)24-25)30(28,29)26-13-12-18-9-5-7-11-20(18)26/h5,7,9,11,15,19H,4,6,8,10,12-14H2,1-3H3,(H,23,27)/t15-,19-/m1/s1. The number of sulfonamides is 1. The number of anilines is 1. The average molecular weight is 431 g/mol. The van der Waals surface area contributed by atoms with Gasteiger partial charge in [-0.05, 0) is 50.7 Å². The molecule has 1 saturated carbocycles. The number of hydrogen-bond acceptors (Lipinski definition) is 4. The number of rotatable bonds is 5. The Labute approximate surface area is 178 Å². The highest BCUT2D eigenvalue weighted by molar-refractivity contribution is 7.93. The molecule has 1 N–H and O–H groups in total. The van der Waals surface area contributed by atoms with E-state index in [0.29, 0.717) is 30.3 Å². The van der Waals surface area contributed by atoms with Crippen LogP contribution in [0.2, 0.25) is 0 Å². The Balaban J connectivity index is 1.56. The molecule has 0 unspecified atom stereocenters. The molecule has 8 heteroatoms. The Kier molecular flexibility index (Phi) is 5.61. The van der Waals surface area contributed by atoms with Crippen LogP contribution >= 0.6 is 0 Å². The predicted octanol–water partition coefficient (Wildman–Crippen LogP) is 2.95. The molecule has 30 heavy (non-hydrogen) atoms. The largest absolute Gasteiger partial charge is 0.351 e. The number of aromatic nitrogens is 2. The molecule has 0 saturated heterocycles. The number of benzene rings is 1. The van der Waals surface area contributed by atoms with Crippen molar-refractivity contribution in [2.75, 3.05) is 10.8 Å². The zero-order valence-electron chi connectivity index (χ0n) is 17.9. The Morgan fingerprint density at radius 2 is 1.93 bits per heavy atom. The maximum Gasteiger partial charge on any atom is 0.268 e. The summed E-state index contributed by atoms with van der Waals surface area (Å²) in [6.07, 6.45) is 5.17. The number of fused-ring (bicyclic) bond motifs is 1. The van der Waals surface area contributed by atoms with Crippen molar-refractivity contribution < 1.29 is 13.2 Å². The maximum atomic E-state index is 13.5. The second-order valence-electron chi connectivity index (χ2n) is 8.55. The summed E-state index contributed by atoms with van der Waals surface area (Å²) in [5, 5.41) is 7.53. The molecule has 0 spiro atoms. The molecular weight excluding hydrogens is 400 g/mol. The SMILES string of the molecule is Cc1nn(CC(=O)N[C@@H]2CCCC[C@H]2C)c(C)c1S(=O)(=O)N1CCc2ccccc21. The van der Waals surface area contributed by atoms with Crippen LogP contribution < -0.4 is 9.62 Å². The van der Waals surface area contributed by atoms with E-state index >= 15 is 0 Å². The zero-order valence-corrected chi connectivity index (χ0v) is 18.7.